The number of aryl methyl sites for hydroxylation is 1. The van der Waals surface area contributed by atoms with E-state index in [-0.39, 0.29) is 12.4 Å². The van der Waals surface area contributed by atoms with Crippen LogP contribution in [0.3, 0.4) is 0 Å². The lowest BCUT2D eigenvalue weighted by atomic mass is 9.77. The number of aromatic nitrogens is 3. The number of aliphatic hydroxyl groups is 1. The Morgan fingerprint density at radius 3 is 2.70 bits per heavy atom. The highest BCUT2D eigenvalue weighted by atomic mass is 32.2. The van der Waals surface area contributed by atoms with Gasteiger partial charge < -0.3 is 19.7 Å². The van der Waals surface area contributed by atoms with E-state index in [9.17, 15) is 13.7 Å². The largest absolute Gasteiger partial charge is 0.441 e. The van der Waals surface area contributed by atoms with E-state index in [1.54, 1.807) is 12.1 Å². The Balaban J connectivity index is 1.31. The molecule has 1 atom stereocenters. The summed E-state index contributed by atoms with van der Waals surface area (Å²) in [6, 6.07) is 6.10. The van der Waals surface area contributed by atoms with Gasteiger partial charge in [0, 0.05) is 30.7 Å². The number of hydrogen-bond donors (Lipinski definition) is 2. The Morgan fingerprint density at radius 1 is 1.15 bits per heavy atom. The predicted molar refractivity (Wildman–Crippen MR) is 121 cm³/mol. The molecule has 3 aliphatic rings. The summed E-state index contributed by atoms with van der Waals surface area (Å²) < 4.78 is 31.9. The number of oxazole rings is 1. The lowest BCUT2D eigenvalue weighted by Crippen LogP contribution is -2.48. The fraction of sp³-hybridized carbons (Fsp3) is 0.435. The molecule has 4 heterocycles. The van der Waals surface area contributed by atoms with Gasteiger partial charge in [-0.2, -0.15) is 4.98 Å². The van der Waals surface area contributed by atoms with Crippen LogP contribution in [0.2, 0.25) is 0 Å². The fourth-order valence-electron chi connectivity index (χ4n) is 4.67. The Labute approximate surface area is 192 Å². The van der Waals surface area contributed by atoms with Crippen LogP contribution in [-0.4, -0.2) is 48.7 Å². The van der Waals surface area contributed by atoms with Crippen molar-refractivity contribution in [3.8, 4) is 11.5 Å². The van der Waals surface area contributed by atoms with Gasteiger partial charge >= 0.3 is 0 Å². The standard InChI is InChI=1S/C23H24FN5O3S/c24-15-4-2-14(3-5-15)21-25-17-12-29(10-6-18(17)32-21)22-26-16-7-11-33(31)19(16)20(27-22)28-23(13-30)8-1-9-23/h2-5,30H,1,6-13H2,(H,26,27,28)/t33-/m0/s1. The number of nitrogens with one attached hydrogen (secondary N) is 1. The van der Waals surface area contributed by atoms with E-state index >= 15 is 0 Å². The van der Waals surface area contributed by atoms with Gasteiger partial charge in [0.1, 0.15) is 28.0 Å². The van der Waals surface area contributed by atoms with Gasteiger partial charge in [-0.3, -0.25) is 4.21 Å². The van der Waals surface area contributed by atoms with E-state index in [1.165, 1.54) is 12.1 Å². The van der Waals surface area contributed by atoms with Crippen molar-refractivity contribution in [3.05, 3.63) is 47.2 Å². The summed E-state index contributed by atoms with van der Waals surface area (Å²) in [7, 11) is -1.13. The van der Waals surface area contributed by atoms with Gasteiger partial charge in [0.05, 0.1) is 35.2 Å². The van der Waals surface area contributed by atoms with Crippen molar-refractivity contribution in [1.82, 2.24) is 15.0 Å². The van der Waals surface area contributed by atoms with E-state index in [2.05, 4.69) is 15.2 Å². The molecule has 1 saturated carbocycles. The first kappa shape index (κ1) is 20.7. The van der Waals surface area contributed by atoms with Crippen LogP contribution >= 0.6 is 0 Å². The fourth-order valence-corrected chi connectivity index (χ4v) is 5.98. The maximum atomic E-state index is 13.3. The summed E-state index contributed by atoms with van der Waals surface area (Å²) in [5.41, 5.74) is 1.96. The lowest BCUT2D eigenvalue weighted by molar-refractivity contribution is 0.143. The molecule has 10 heteroatoms. The second-order valence-corrected chi connectivity index (χ2v) is 10.4. The summed E-state index contributed by atoms with van der Waals surface area (Å²) in [6.45, 7) is 1.18. The van der Waals surface area contributed by atoms with Crippen molar-refractivity contribution in [2.45, 2.75) is 49.1 Å². The first-order valence-electron chi connectivity index (χ1n) is 11.2. The number of rotatable bonds is 5. The van der Waals surface area contributed by atoms with E-state index < -0.39 is 16.3 Å². The summed E-state index contributed by atoms with van der Waals surface area (Å²) in [6.07, 6.45) is 4.08. The number of hydrogen-bond acceptors (Lipinski definition) is 8. The molecule has 0 spiro atoms. The molecule has 3 aromatic rings. The van der Waals surface area contributed by atoms with Crippen LogP contribution in [0.15, 0.2) is 33.6 Å². The lowest BCUT2D eigenvalue weighted by Gasteiger charge is -2.41. The number of anilines is 2. The third-order valence-corrected chi connectivity index (χ3v) is 8.23. The first-order chi connectivity index (χ1) is 16.0. The smallest absolute Gasteiger partial charge is 0.227 e. The van der Waals surface area contributed by atoms with Crippen molar-refractivity contribution in [1.29, 1.82) is 0 Å². The zero-order valence-corrected chi connectivity index (χ0v) is 18.8. The molecular weight excluding hydrogens is 445 g/mol. The maximum Gasteiger partial charge on any atom is 0.227 e. The van der Waals surface area contributed by atoms with E-state index in [0.29, 0.717) is 54.2 Å². The molecule has 0 bridgehead atoms. The van der Waals surface area contributed by atoms with Gasteiger partial charge in [-0.25, -0.2) is 14.4 Å². The molecule has 6 rings (SSSR count). The minimum atomic E-state index is -1.13. The second kappa shape index (κ2) is 7.88. The third kappa shape index (κ3) is 3.61. The zero-order valence-electron chi connectivity index (χ0n) is 18.0. The van der Waals surface area contributed by atoms with Crippen molar-refractivity contribution >= 4 is 22.6 Å². The van der Waals surface area contributed by atoms with E-state index in [0.717, 1.165) is 42.0 Å². The van der Waals surface area contributed by atoms with E-state index in [4.69, 9.17) is 14.4 Å². The highest BCUT2D eigenvalue weighted by Gasteiger charge is 2.39. The van der Waals surface area contributed by atoms with Gasteiger partial charge in [-0.1, -0.05) is 0 Å². The van der Waals surface area contributed by atoms with Gasteiger partial charge in [-0.15, -0.1) is 0 Å². The summed E-state index contributed by atoms with van der Waals surface area (Å²) in [5.74, 6) is 2.69. The number of halogens is 1. The minimum absolute atomic E-state index is 0.0198. The minimum Gasteiger partial charge on any atom is -0.441 e. The average Bonchev–Trinajstić information content (AvgIpc) is 3.39. The van der Waals surface area contributed by atoms with Gasteiger partial charge in [0.15, 0.2) is 0 Å². The molecule has 0 saturated heterocycles. The van der Waals surface area contributed by atoms with E-state index in [1.807, 2.05) is 0 Å². The molecule has 0 radical (unpaired) electrons. The van der Waals surface area contributed by atoms with Crippen LogP contribution in [0, 0.1) is 5.82 Å². The topological polar surface area (TPSA) is 104 Å². The quantitative estimate of drug-likeness (QED) is 0.588. The number of benzene rings is 1. The van der Waals surface area contributed by atoms with Crippen LogP contribution in [0.4, 0.5) is 16.2 Å². The molecule has 0 amide bonds. The molecule has 33 heavy (non-hydrogen) atoms. The number of nitrogens with zero attached hydrogens (tertiary/aromatic N) is 4. The maximum absolute atomic E-state index is 13.3. The number of aliphatic hydroxyl groups excluding tert-OH is 1. The Kier molecular flexibility index (Phi) is 4.95. The van der Waals surface area contributed by atoms with Gasteiger partial charge in [-0.05, 0) is 43.5 Å². The monoisotopic (exact) mass is 469 g/mol. The molecule has 8 nitrogen and oxygen atoms in total. The highest BCUT2D eigenvalue weighted by Crippen LogP contribution is 2.38. The molecule has 1 aliphatic carbocycles. The van der Waals surface area contributed by atoms with Crippen LogP contribution in [0.25, 0.3) is 11.5 Å². The van der Waals surface area contributed by atoms with Crippen LogP contribution in [0.5, 0.6) is 0 Å². The second-order valence-electron chi connectivity index (χ2n) is 8.93. The predicted octanol–water partition coefficient (Wildman–Crippen LogP) is 2.82. The number of fused-ring (bicyclic) bond motifs is 2. The average molecular weight is 470 g/mol. The molecule has 0 unspecified atom stereocenters. The van der Waals surface area contributed by atoms with Crippen LogP contribution < -0.4 is 10.2 Å². The summed E-state index contributed by atoms with van der Waals surface area (Å²) >= 11 is 0. The zero-order chi connectivity index (χ0) is 22.6. The Bertz CT molecular complexity index is 1240. The molecule has 1 aromatic carbocycles. The van der Waals surface area contributed by atoms with Crippen molar-refractivity contribution in [2.24, 2.45) is 0 Å². The van der Waals surface area contributed by atoms with Gasteiger partial charge in [0.2, 0.25) is 11.8 Å². The highest BCUT2D eigenvalue weighted by molar-refractivity contribution is 7.85. The molecule has 1 fully saturated rings. The van der Waals surface area contributed by atoms with Crippen molar-refractivity contribution in [3.63, 3.8) is 0 Å². The molecule has 2 aromatic heterocycles. The Hall–Kier alpha value is -2.85. The van der Waals surface area contributed by atoms with Crippen LogP contribution in [-0.2, 0) is 30.2 Å². The van der Waals surface area contributed by atoms with Gasteiger partial charge in [0.25, 0.3) is 0 Å². The van der Waals surface area contributed by atoms with Crippen molar-refractivity contribution in [2.75, 3.05) is 29.1 Å². The molecule has 172 valence electrons. The summed E-state index contributed by atoms with van der Waals surface area (Å²) in [5, 5.41) is 13.3. The molecular formula is C23H24FN5O3S. The Morgan fingerprint density at radius 2 is 1.97 bits per heavy atom. The molecule has 2 aliphatic heterocycles. The summed E-state index contributed by atoms with van der Waals surface area (Å²) in [4.78, 5) is 16.9. The van der Waals surface area contributed by atoms with Crippen molar-refractivity contribution < 1.29 is 18.1 Å². The first-order valence-corrected chi connectivity index (χ1v) is 12.5. The SMILES string of the molecule is O=[S@]1CCc2nc(N3CCc4oc(-c5ccc(F)cc5)nc4C3)nc(NC3(CO)CCC3)c21. The van der Waals surface area contributed by atoms with Crippen LogP contribution in [0.1, 0.15) is 36.4 Å². The third-order valence-electron chi connectivity index (χ3n) is 6.77. The normalized spacial score (nSPS) is 20.8. The molecule has 2 N–H and O–H groups in total.